The Morgan fingerprint density at radius 1 is 0.962 bits per heavy atom. The molecule has 1 N–H and O–H groups in total. The van der Waals surface area contributed by atoms with Gasteiger partial charge in [-0.2, -0.15) is 0 Å². The SMILES string of the molecule is c1ccc(-c2ccc(N[C@@H]3[C@@H]4CN(CC5CCOCC5)C[C@@H]43)nn2)cc1. The Morgan fingerprint density at radius 2 is 1.73 bits per heavy atom. The third kappa shape index (κ3) is 3.33. The van der Waals surface area contributed by atoms with Gasteiger partial charge in [0.2, 0.25) is 0 Å². The second kappa shape index (κ2) is 6.97. The maximum Gasteiger partial charge on any atom is 0.148 e. The average molecular weight is 350 g/mol. The zero-order valence-electron chi connectivity index (χ0n) is 15.1. The van der Waals surface area contributed by atoms with Crippen LogP contribution in [0, 0.1) is 17.8 Å². The number of piperidine rings is 1. The van der Waals surface area contributed by atoms with Gasteiger partial charge in [-0.25, -0.2) is 0 Å². The van der Waals surface area contributed by atoms with Crippen LogP contribution >= 0.6 is 0 Å². The van der Waals surface area contributed by atoms with E-state index in [1.165, 1.54) is 32.5 Å². The summed E-state index contributed by atoms with van der Waals surface area (Å²) in [4.78, 5) is 2.66. The molecule has 5 heteroatoms. The predicted molar refractivity (Wildman–Crippen MR) is 102 cm³/mol. The fraction of sp³-hybridized carbons (Fsp3) is 0.524. The molecule has 0 bridgehead atoms. The summed E-state index contributed by atoms with van der Waals surface area (Å²) < 4.78 is 5.47. The summed E-state index contributed by atoms with van der Waals surface area (Å²) in [7, 11) is 0. The molecule has 3 heterocycles. The molecule has 3 fully saturated rings. The molecule has 3 atom stereocenters. The number of benzene rings is 1. The normalized spacial score (nSPS) is 28.7. The van der Waals surface area contributed by atoms with E-state index in [2.05, 4.69) is 44.7 Å². The van der Waals surface area contributed by atoms with E-state index in [0.717, 1.165) is 48.0 Å². The molecule has 0 amide bonds. The van der Waals surface area contributed by atoms with Crippen molar-refractivity contribution in [3.63, 3.8) is 0 Å². The first-order valence-electron chi connectivity index (χ1n) is 9.82. The van der Waals surface area contributed by atoms with Gasteiger partial charge in [-0.05, 0) is 42.7 Å². The van der Waals surface area contributed by atoms with Gasteiger partial charge in [0.05, 0.1) is 5.69 Å². The van der Waals surface area contributed by atoms with Crippen LogP contribution in [0.15, 0.2) is 42.5 Å². The largest absolute Gasteiger partial charge is 0.381 e. The number of anilines is 1. The van der Waals surface area contributed by atoms with Crippen LogP contribution in [0.4, 0.5) is 5.82 Å². The molecular formula is C21H26N4O. The summed E-state index contributed by atoms with van der Waals surface area (Å²) in [5.74, 6) is 3.31. The van der Waals surface area contributed by atoms with Gasteiger partial charge in [0.25, 0.3) is 0 Å². The van der Waals surface area contributed by atoms with E-state index in [1.807, 2.05) is 18.2 Å². The van der Waals surface area contributed by atoms with Crippen LogP contribution in [-0.2, 0) is 4.74 Å². The van der Waals surface area contributed by atoms with Gasteiger partial charge < -0.3 is 15.0 Å². The highest BCUT2D eigenvalue weighted by Crippen LogP contribution is 2.47. The van der Waals surface area contributed by atoms with Gasteiger partial charge in [0.1, 0.15) is 5.82 Å². The van der Waals surface area contributed by atoms with E-state index in [9.17, 15) is 0 Å². The molecule has 1 saturated carbocycles. The van der Waals surface area contributed by atoms with Crippen molar-refractivity contribution in [2.45, 2.75) is 18.9 Å². The smallest absolute Gasteiger partial charge is 0.148 e. The molecule has 0 spiro atoms. The average Bonchev–Trinajstić information content (AvgIpc) is 3.13. The van der Waals surface area contributed by atoms with E-state index in [4.69, 9.17) is 4.74 Å². The highest BCUT2D eigenvalue weighted by Gasteiger charge is 2.55. The Bertz CT molecular complexity index is 717. The van der Waals surface area contributed by atoms with Gasteiger partial charge in [0, 0.05) is 44.5 Å². The molecule has 1 aromatic carbocycles. The number of aromatic nitrogens is 2. The van der Waals surface area contributed by atoms with Crippen LogP contribution in [0.3, 0.4) is 0 Å². The van der Waals surface area contributed by atoms with E-state index in [1.54, 1.807) is 0 Å². The third-order valence-corrected chi connectivity index (χ3v) is 6.18. The molecule has 2 aromatic rings. The van der Waals surface area contributed by atoms with Gasteiger partial charge >= 0.3 is 0 Å². The van der Waals surface area contributed by atoms with Crippen molar-refractivity contribution >= 4 is 5.82 Å². The first-order chi connectivity index (χ1) is 12.9. The molecule has 3 aliphatic rings. The Kier molecular flexibility index (Phi) is 4.35. The van der Waals surface area contributed by atoms with Crippen LogP contribution in [0.1, 0.15) is 12.8 Å². The van der Waals surface area contributed by atoms with Crippen molar-refractivity contribution in [1.82, 2.24) is 15.1 Å². The highest BCUT2D eigenvalue weighted by atomic mass is 16.5. The molecule has 2 aliphatic heterocycles. The van der Waals surface area contributed by atoms with Crippen LogP contribution in [0.25, 0.3) is 11.3 Å². The minimum atomic E-state index is 0.581. The number of fused-ring (bicyclic) bond motifs is 1. The number of nitrogens with one attached hydrogen (secondary N) is 1. The lowest BCUT2D eigenvalue weighted by Gasteiger charge is -2.28. The number of hydrogen-bond acceptors (Lipinski definition) is 5. The lowest BCUT2D eigenvalue weighted by atomic mass is 10.00. The second-order valence-corrected chi connectivity index (χ2v) is 7.94. The maximum atomic E-state index is 5.47. The minimum Gasteiger partial charge on any atom is -0.381 e. The molecule has 2 saturated heterocycles. The quantitative estimate of drug-likeness (QED) is 0.899. The Labute approximate surface area is 154 Å². The van der Waals surface area contributed by atoms with Crippen molar-refractivity contribution in [1.29, 1.82) is 0 Å². The fourth-order valence-corrected chi connectivity index (χ4v) is 4.61. The summed E-state index contributed by atoms with van der Waals surface area (Å²) >= 11 is 0. The molecule has 1 aliphatic carbocycles. The summed E-state index contributed by atoms with van der Waals surface area (Å²) in [6, 6.07) is 14.9. The molecule has 5 rings (SSSR count). The van der Waals surface area contributed by atoms with Gasteiger partial charge in [-0.3, -0.25) is 0 Å². The Morgan fingerprint density at radius 3 is 2.42 bits per heavy atom. The lowest BCUT2D eigenvalue weighted by Crippen LogP contribution is -2.34. The van der Waals surface area contributed by atoms with Crippen molar-refractivity contribution in [3.05, 3.63) is 42.5 Å². The lowest BCUT2D eigenvalue weighted by molar-refractivity contribution is 0.0540. The Balaban J connectivity index is 1.12. The van der Waals surface area contributed by atoms with Crippen LogP contribution in [-0.4, -0.2) is 54.0 Å². The molecule has 0 unspecified atom stereocenters. The molecule has 1 aromatic heterocycles. The molecule has 26 heavy (non-hydrogen) atoms. The molecule has 0 radical (unpaired) electrons. The fourth-order valence-electron chi connectivity index (χ4n) is 4.61. The number of rotatable bonds is 5. The number of ether oxygens (including phenoxy) is 1. The van der Waals surface area contributed by atoms with Crippen LogP contribution < -0.4 is 5.32 Å². The van der Waals surface area contributed by atoms with Crippen LogP contribution in [0.5, 0.6) is 0 Å². The second-order valence-electron chi connectivity index (χ2n) is 7.94. The van der Waals surface area contributed by atoms with E-state index >= 15 is 0 Å². The number of hydrogen-bond donors (Lipinski definition) is 1. The van der Waals surface area contributed by atoms with E-state index in [0.29, 0.717) is 6.04 Å². The predicted octanol–water partition coefficient (Wildman–Crippen LogP) is 2.91. The Hall–Kier alpha value is -1.98. The van der Waals surface area contributed by atoms with Gasteiger partial charge in [-0.15, -0.1) is 10.2 Å². The zero-order valence-corrected chi connectivity index (χ0v) is 15.1. The van der Waals surface area contributed by atoms with E-state index in [-0.39, 0.29) is 0 Å². The van der Waals surface area contributed by atoms with Crippen LogP contribution in [0.2, 0.25) is 0 Å². The van der Waals surface area contributed by atoms with Crippen molar-refractivity contribution in [2.75, 3.05) is 38.2 Å². The monoisotopic (exact) mass is 350 g/mol. The standard InChI is InChI=1S/C21H26N4O/c1-2-4-16(5-3-1)19-6-7-20(24-23-19)22-21-17-13-25(14-18(17)21)12-15-8-10-26-11-9-15/h1-7,15,17-18,21H,8-14H2,(H,22,24)/t17-,18+,21-. The van der Waals surface area contributed by atoms with Gasteiger partial charge in [-0.1, -0.05) is 30.3 Å². The highest BCUT2D eigenvalue weighted by molar-refractivity contribution is 5.59. The maximum absolute atomic E-state index is 5.47. The summed E-state index contributed by atoms with van der Waals surface area (Å²) in [6.45, 7) is 5.62. The first-order valence-corrected chi connectivity index (χ1v) is 9.82. The van der Waals surface area contributed by atoms with Gasteiger partial charge in [0.15, 0.2) is 0 Å². The molecule has 5 nitrogen and oxygen atoms in total. The van der Waals surface area contributed by atoms with Crippen molar-refractivity contribution < 1.29 is 4.74 Å². The molecule has 136 valence electrons. The number of likely N-dealkylation sites (tertiary alicyclic amines) is 1. The topological polar surface area (TPSA) is 50.3 Å². The van der Waals surface area contributed by atoms with Crippen molar-refractivity contribution in [2.24, 2.45) is 17.8 Å². The molecular weight excluding hydrogens is 324 g/mol. The zero-order chi connectivity index (χ0) is 17.3. The summed E-state index contributed by atoms with van der Waals surface area (Å²) in [6.07, 6.45) is 2.47. The first kappa shape index (κ1) is 16.2. The van der Waals surface area contributed by atoms with Crippen molar-refractivity contribution in [3.8, 4) is 11.3 Å². The summed E-state index contributed by atoms with van der Waals surface area (Å²) in [5.41, 5.74) is 2.04. The third-order valence-electron chi connectivity index (χ3n) is 6.18. The minimum absolute atomic E-state index is 0.581. The summed E-state index contributed by atoms with van der Waals surface area (Å²) in [5, 5.41) is 12.4. The van der Waals surface area contributed by atoms with E-state index < -0.39 is 0 Å². The number of nitrogens with zero attached hydrogens (tertiary/aromatic N) is 3.